The lowest BCUT2D eigenvalue weighted by atomic mass is 10.1. The van der Waals surface area contributed by atoms with E-state index in [2.05, 4.69) is 5.32 Å². The Morgan fingerprint density at radius 2 is 1.95 bits per heavy atom. The molecule has 2 fully saturated rings. The minimum atomic E-state index is -0.936. The van der Waals surface area contributed by atoms with Gasteiger partial charge in [0.05, 0.1) is 12.5 Å². The molecule has 2 unspecified atom stereocenters. The summed E-state index contributed by atoms with van der Waals surface area (Å²) in [5.74, 6) is -1.30. The molecule has 1 heterocycles. The lowest BCUT2D eigenvalue weighted by molar-refractivity contribution is -0.142. The highest BCUT2D eigenvalue weighted by atomic mass is 16.4. The number of hydrogen-bond acceptors (Lipinski definition) is 4. The number of carboxylic acid groups (broad SMARTS) is 1. The first-order valence-electron chi connectivity index (χ1n) is 7.34. The fraction of sp³-hybridized carbons (Fsp3) is 0.786. The second-order valence-corrected chi connectivity index (χ2v) is 5.65. The summed E-state index contributed by atoms with van der Waals surface area (Å²) in [7, 11) is 0. The molecule has 6 heteroatoms. The minimum absolute atomic E-state index is 0.0752. The highest BCUT2D eigenvalue weighted by Crippen LogP contribution is 2.33. The first-order chi connectivity index (χ1) is 9.49. The van der Waals surface area contributed by atoms with Crippen LogP contribution in [0.1, 0.15) is 46.0 Å². The van der Waals surface area contributed by atoms with Gasteiger partial charge in [0.1, 0.15) is 6.04 Å². The maximum Gasteiger partial charge on any atom is 0.321 e. The quantitative estimate of drug-likeness (QED) is 0.673. The number of aliphatic carboxylic acids is 1. The first-order valence-corrected chi connectivity index (χ1v) is 7.34. The van der Waals surface area contributed by atoms with Gasteiger partial charge >= 0.3 is 5.97 Å². The van der Waals surface area contributed by atoms with Gasteiger partial charge in [-0.25, -0.2) is 0 Å². The summed E-state index contributed by atoms with van der Waals surface area (Å²) in [6, 6.07) is -1.46. The molecule has 1 saturated heterocycles. The van der Waals surface area contributed by atoms with Gasteiger partial charge < -0.3 is 5.11 Å². The summed E-state index contributed by atoms with van der Waals surface area (Å²) in [5, 5.41) is 12.1. The van der Waals surface area contributed by atoms with Gasteiger partial charge in [0.25, 0.3) is 0 Å². The van der Waals surface area contributed by atoms with E-state index in [9.17, 15) is 19.5 Å². The number of nitrogens with zero attached hydrogens (tertiary/aromatic N) is 1. The molecule has 112 valence electrons. The van der Waals surface area contributed by atoms with E-state index in [4.69, 9.17) is 0 Å². The lowest BCUT2D eigenvalue weighted by Gasteiger charge is -2.25. The Hall–Kier alpha value is -1.43. The molecule has 2 N–H and O–H groups in total. The maximum absolute atomic E-state index is 12.3. The highest BCUT2D eigenvalue weighted by molar-refractivity contribution is 6.06. The van der Waals surface area contributed by atoms with E-state index in [1.54, 1.807) is 0 Å². The fourth-order valence-corrected chi connectivity index (χ4v) is 2.87. The van der Waals surface area contributed by atoms with Crippen molar-refractivity contribution in [2.45, 2.75) is 64.1 Å². The monoisotopic (exact) mass is 282 g/mol. The topological polar surface area (TPSA) is 86.7 Å². The first kappa shape index (κ1) is 15.0. The predicted molar refractivity (Wildman–Crippen MR) is 71.9 cm³/mol. The molecule has 0 aromatic heterocycles. The molecule has 2 rings (SSSR count). The van der Waals surface area contributed by atoms with E-state index in [1.807, 2.05) is 13.8 Å². The zero-order chi connectivity index (χ0) is 14.9. The molecule has 2 aliphatic rings. The third kappa shape index (κ3) is 2.85. The smallest absolute Gasteiger partial charge is 0.321 e. The zero-order valence-corrected chi connectivity index (χ0v) is 12.0. The van der Waals surface area contributed by atoms with Crippen molar-refractivity contribution < 1.29 is 19.5 Å². The summed E-state index contributed by atoms with van der Waals surface area (Å²) in [6.45, 7) is 3.89. The Morgan fingerprint density at radius 3 is 2.40 bits per heavy atom. The molecule has 1 aliphatic carbocycles. The average molecular weight is 282 g/mol. The summed E-state index contributed by atoms with van der Waals surface area (Å²) in [4.78, 5) is 36.9. The Kier molecular flexibility index (Phi) is 4.42. The van der Waals surface area contributed by atoms with Crippen LogP contribution < -0.4 is 5.32 Å². The van der Waals surface area contributed by atoms with Gasteiger partial charge in [0.15, 0.2) is 0 Å². The number of likely N-dealkylation sites (tertiary alicyclic amines) is 1. The molecule has 2 atom stereocenters. The molecule has 0 aromatic rings. The normalized spacial score (nSPS) is 24.6. The Morgan fingerprint density at radius 1 is 1.35 bits per heavy atom. The third-order valence-electron chi connectivity index (χ3n) is 4.23. The Labute approximate surface area is 118 Å². The molecule has 1 aliphatic heterocycles. The minimum Gasteiger partial charge on any atom is -0.480 e. The van der Waals surface area contributed by atoms with E-state index in [-0.39, 0.29) is 30.2 Å². The van der Waals surface area contributed by atoms with Crippen molar-refractivity contribution in [3.05, 3.63) is 0 Å². The number of rotatable bonds is 7. The van der Waals surface area contributed by atoms with Gasteiger partial charge in [0.2, 0.25) is 11.8 Å². The van der Waals surface area contributed by atoms with E-state index < -0.39 is 18.1 Å². The standard InChI is InChI=1S/C14H22N2O4/c1-3-9(4-2)16-11(17)7-10(13(16)18)15-12(14(19)20)8-5-6-8/h8-10,12,15H,3-7H2,1-2H3,(H,19,20). The molecular formula is C14H22N2O4. The van der Waals surface area contributed by atoms with Crippen LogP contribution in [0.3, 0.4) is 0 Å². The molecule has 1 saturated carbocycles. The second kappa shape index (κ2) is 5.91. The van der Waals surface area contributed by atoms with Gasteiger partial charge in [-0.1, -0.05) is 13.8 Å². The van der Waals surface area contributed by atoms with Crippen molar-refractivity contribution in [2.24, 2.45) is 5.92 Å². The summed E-state index contributed by atoms with van der Waals surface area (Å²) in [5.41, 5.74) is 0. The van der Waals surface area contributed by atoms with Crippen molar-refractivity contribution in [3.63, 3.8) is 0 Å². The van der Waals surface area contributed by atoms with Crippen LogP contribution in [0.25, 0.3) is 0 Å². The number of carbonyl (C=O) groups excluding carboxylic acids is 2. The number of nitrogens with one attached hydrogen (secondary N) is 1. The van der Waals surface area contributed by atoms with Gasteiger partial charge in [0, 0.05) is 6.04 Å². The second-order valence-electron chi connectivity index (χ2n) is 5.65. The number of imide groups is 1. The number of carbonyl (C=O) groups is 3. The van der Waals surface area contributed by atoms with Crippen LogP contribution in [0, 0.1) is 5.92 Å². The molecule has 0 aromatic carbocycles. The van der Waals surface area contributed by atoms with Gasteiger partial charge in [-0.15, -0.1) is 0 Å². The van der Waals surface area contributed by atoms with Crippen molar-refractivity contribution in [1.29, 1.82) is 0 Å². The van der Waals surface area contributed by atoms with Gasteiger partial charge in [-0.2, -0.15) is 0 Å². The average Bonchev–Trinajstić information content (AvgIpc) is 3.19. The number of hydrogen-bond donors (Lipinski definition) is 2. The van der Waals surface area contributed by atoms with Crippen LogP contribution in [-0.2, 0) is 14.4 Å². The molecule has 0 radical (unpaired) electrons. The summed E-state index contributed by atoms with van der Waals surface area (Å²) < 4.78 is 0. The van der Waals surface area contributed by atoms with Crippen LogP contribution in [0.2, 0.25) is 0 Å². The molecule has 20 heavy (non-hydrogen) atoms. The molecule has 6 nitrogen and oxygen atoms in total. The molecule has 0 spiro atoms. The highest BCUT2D eigenvalue weighted by Gasteiger charge is 2.45. The molecule has 0 bridgehead atoms. The van der Waals surface area contributed by atoms with Crippen LogP contribution in [0.4, 0.5) is 0 Å². The summed E-state index contributed by atoms with van der Waals surface area (Å²) >= 11 is 0. The van der Waals surface area contributed by atoms with Crippen LogP contribution >= 0.6 is 0 Å². The lowest BCUT2D eigenvalue weighted by Crippen LogP contribution is -2.49. The van der Waals surface area contributed by atoms with E-state index in [0.717, 1.165) is 25.7 Å². The number of carboxylic acids is 1. The Balaban J connectivity index is 2.05. The zero-order valence-electron chi connectivity index (χ0n) is 12.0. The number of amides is 2. The molecular weight excluding hydrogens is 260 g/mol. The predicted octanol–water partition coefficient (Wildman–Crippen LogP) is 0.755. The summed E-state index contributed by atoms with van der Waals surface area (Å²) in [6.07, 6.45) is 3.27. The maximum atomic E-state index is 12.3. The van der Waals surface area contributed by atoms with Crippen molar-refractivity contribution >= 4 is 17.8 Å². The van der Waals surface area contributed by atoms with Crippen molar-refractivity contribution in [1.82, 2.24) is 10.2 Å². The van der Waals surface area contributed by atoms with Crippen molar-refractivity contribution in [2.75, 3.05) is 0 Å². The van der Waals surface area contributed by atoms with E-state index >= 15 is 0 Å². The third-order valence-corrected chi connectivity index (χ3v) is 4.23. The van der Waals surface area contributed by atoms with Crippen LogP contribution in [0.5, 0.6) is 0 Å². The van der Waals surface area contributed by atoms with Crippen molar-refractivity contribution in [3.8, 4) is 0 Å². The van der Waals surface area contributed by atoms with Gasteiger partial charge in [-0.3, -0.25) is 24.6 Å². The van der Waals surface area contributed by atoms with Gasteiger partial charge in [-0.05, 0) is 31.6 Å². The van der Waals surface area contributed by atoms with E-state index in [1.165, 1.54) is 4.90 Å². The fourth-order valence-electron chi connectivity index (χ4n) is 2.87. The largest absolute Gasteiger partial charge is 0.480 e. The SMILES string of the molecule is CCC(CC)N1C(=O)CC(NC(C(=O)O)C2CC2)C1=O. The Bertz CT molecular complexity index is 415. The van der Waals surface area contributed by atoms with Crippen LogP contribution in [0.15, 0.2) is 0 Å². The van der Waals surface area contributed by atoms with Crippen LogP contribution in [-0.4, -0.2) is 45.9 Å². The molecule has 2 amide bonds. The van der Waals surface area contributed by atoms with E-state index in [0.29, 0.717) is 0 Å².